The average Bonchev–Trinajstić information content (AvgIpc) is 2.73. The molecular formula is C28H37N. The van der Waals surface area contributed by atoms with Gasteiger partial charge in [-0.2, -0.15) is 0 Å². The number of benzene rings is 2. The predicted molar refractivity (Wildman–Crippen MR) is 128 cm³/mol. The Morgan fingerprint density at radius 3 is 1.83 bits per heavy atom. The highest BCUT2D eigenvalue weighted by Gasteiger charge is 2.36. The van der Waals surface area contributed by atoms with Crippen molar-refractivity contribution in [3.05, 3.63) is 107 Å². The lowest BCUT2D eigenvalue weighted by Crippen LogP contribution is -2.45. The normalized spacial score (nSPS) is 12.9. The number of nitrogens with one attached hydrogen (secondary N) is 1. The summed E-state index contributed by atoms with van der Waals surface area (Å²) in [6, 6.07) is 18.0. The lowest BCUT2D eigenvalue weighted by atomic mass is 9.75. The number of unbranched alkanes of at least 4 members (excludes halogenated alkanes) is 2. The molecule has 0 aromatic heterocycles. The molecule has 29 heavy (non-hydrogen) atoms. The fourth-order valence-corrected chi connectivity index (χ4v) is 3.75. The van der Waals surface area contributed by atoms with Gasteiger partial charge in [0, 0.05) is 0 Å². The van der Waals surface area contributed by atoms with E-state index in [9.17, 15) is 0 Å². The van der Waals surface area contributed by atoms with Gasteiger partial charge in [0.25, 0.3) is 0 Å². The molecule has 0 heterocycles. The number of aryl methyl sites for hydroxylation is 2. The van der Waals surface area contributed by atoms with Crippen molar-refractivity contribution in [1.82, 2.24) is 5.32 Å². The van der Waals surface area contributed by atoms with Crippen molar-refractivity contribution in [2.24, 2.45) is 0 Å². The highest BCUT2D eigenvalue weighted by atomic mass is 15.0. The number of rotatable bonds is 10. The summed E-state index contributed by atoms with van der Waals surface area (Å²) in [4.78, 5) is 0. The molecule has 154 valence electrons. The van der Waals surface area contributed by atoms with Crippen LogP contribution in [0.4, 0.5) is 0 Å². The van der Waals surface area contributed by atoms with E-state index in [0.29, 0.717) is 0 Å². The number of hydrogen-bond acceptors (Lipinski definition) is 1. The summed E-state index contributed by atoms with van der Waals surface area (Å²) in [5.41, 5.74) is 5.98. The van der Waals surface area contributed by atoms with E-state index in [1.54, 1.807) is 0 Å². The quantitative estimate of drug-likeness (QED) is 0.331. The first kappa shape index (κ1) is 22.9. The molecule has 0 fully saturated rings. The molecule has 0 unspecified atom stereocenters. The maximum atomic E-state index is 3.98. The molecule has 0 aliphatic carbocycles. The van der Waals surface area contributed by atoms with Crippen LogP contribution in [-0.4, -0.2) is 6.54 Å². The third kappa shape index (κ3) is 5.81. The van der Waals surface area contributed by atoms with E-state index in [4.69, 9.17) is 0 Å². The van der Waals surface area contributed by atoms with E-state index >= 15 is 0 Å². The maximum Gasteiger partial charge on any atom is 0.0947 e. The zero-order valence-corrected chi connectivity index (χ0v) is 18.8. The van der Waals surface area contributed by atoms with Crippen LogP contribution >= 0.6 is 0 Å². The van der Waals surface area contributed by atoms with Crippen LogP contribution in [0, 0.1) is 13.8 Å². The molecule has 0 radical (unpaired) electrons. The summed E-state index contributed by atoms with van der Waals surface area (Å²) in [5.74, 6) is 0. The van der Waals surface area contributed by atoms with Gasteiger partial charge >= 0.3 is 0 Å². The van der Waals surface area contributed by atoms with Crippen LogP contribution in [0.25, 0.3) is 0 Å². The minimum Gasteiger partial charge on any atom is -0.300 e. The molecule has 0 atom stereocenters. The standard InChI is InChI=1S/C28H37N/c1-6-9-11-22-29-28(25(12-8-3)13-10-7-2,26-18-14-23(4)15-19-26)27-20-16-24(5)17-21-27/h7-8,10,12-21,29H,6,9,11,22H2,1-5H3/b10-7-,12-8-,25-13+. The molecule has 1 N–H and O–H groups in total. The minimum absolute atomic E-state index is 0.388. The van der Waals surface area contributed by atoms with Crippen LogP contribution in [0.5, 0.6) is 0 Å². The van der Waals surface area contributed by atoms with Gasteiger partial charge in [-0.05, 0) is 57.4 Å². The van der Waals surface area contributed by atoms with Gasteiger partial charge in [0.2, 0.25) is 0 Å². The predicted octanol–water partition coefficient (Wildman–Crippen LogP) is 7.41. The van der Waals surface area contributed by atoms with E-state index in [0.717, 1.165) is 6.54 Å². The van der Waals surface area contributed by atoms with Gasteiger partial charge < -0.3 is 0 Å². The molecular weight excluding hydrogens is 350 g/mol. The molecule has 0 amide bonds. The Morgan fingerprint density at radius 1 is 0.828 bits per heavy atom. The van der Waals surface area contributed by atoms with Crippen LogP contribution in [-0.2, 0) is 5.54 Å². The maximum absolute atomic E-state index is 3.98. The van der Waals surface area contributed by atoms with Crippen molar-refractivity contribution in [2.45, 2.75) is 59.4 Å². The molecule has 0 saturated heterocycles. The average molecular weight is 388 g/mol. The van der Waals surface area contributed by atoms with E-state index in [1.807, 2.05) is 0 Å². The SMILES string of the molecule is C\C=C/C=C(\C=C/C)C(NCCCCC)(c1ccc(C)cc1)c1ccc(C)cc1. The van der Waals surface area contributed by atoms with Gasteiger partial charge in [-0.1, -0.05) is 110 Å². The monoisotopic (exact) mass is 387 g/mol. The fraction of sp³-hybridized carbons (Fsp3) is 0.357. The Hall–Kier alpha value is -2.38. The van der Waals surface area contributed by atoms with Crippen molar-refractivity contribution in [2.75, 3.05) is 6.54 Å². The topological polar surface area (TPSA) is 12.0 Å². The van der Waals surface area contributed by atoms with Crippen LogP contribution in [0.3, 0.4) is 0 Å². The van der Waals surface area contributed by atoms with Crippen molar-refractivity contribution >= 4 is 0 Å². The van der Waals surface area contributed by atoms with Crippen molar-refractivity contribution in [3.8, 4) is 0 Å². The summed E-state index contributed by atoms with van der Waals surface area (Å²) in [6.45, 7) is 11.7. The minimum atomic E-state index is -0.388. The van der Waals surface area contributed by atoms with E-state index in [2.05, 4.69) is 119 Å². The van der Waals surface area contributed by atoms with E-state index < -0.39 is 0 Å². The van der Waals surface area contributed by atoms with E-state index in [1.165, 1.54) is 47.1 Å². The van der Waals surface area contributed by atoms with Gasteiger partial charge in [0.15, 0.2) is 0 Å². The zero-order valence-electron chi connectivity index (χ0n) is 18.8. The molecule has 2 aromatic rings. The molecule has 2 aromatic carbocycles. The molecule has 0 aliphatic heterocycles. The molecule has 1 nitrogen and oxygen atoms in total. The molecule has 0 aliphatic rings. The lowest BCUT2D eigenvalue weighted by Gasteiger charge is -2.38. The van der Waals surface area contributed by atoms with Gasteiger partial charge in [0.1, 0.15) is 0 Å². The lowest BCUT2D eigenvalue weighted by molar-refractivity contribution is 0.458. The first-order valence-corrected chi connectivity index (χ1v) is 10.9. The van der Waals surface area contributed by atoms with Crippen LogP contribution in [0.15, 0.2) is 84.5 Å². The molecule has 0 bridgehead atoms. The summed E-state index contributed by atoms with van der Waals surface area (Å²) in [6.07, 6.45) is 14.5. The summed E-state index contributed by atoms with van der Waals surface area (Å²) in [5, 5.41) is 3.98. The first-order valence-electron chi connectivity index (χ1n) is 10.9. The Labute approximate surface area is 178 Å². The second kappa shape index (κ2) is 11.6. The van der Waals surface area contributed by atoms with Crippen LogP contribution < -0.4 is 5.32 Å². The first-order chi connectivity index (χ1) is 14.1. The molecule has 0 spiro atoms. The summed E-state index contributed by atoms with van der Waals surface area (Å²) >= 11 is 0. The van der Waals surface area contributed by atoms with Gasteiger partial charge in [-0.3, -0.25) is 5.32 Å². The van der Waals surface area contributed by atoms with Gasteiger partial charge in [0.05, 0.1) is 5.54 Å². The third-order valence-electron chi connectivity index (χ3n) is 5.39. The fourth-order valence-electron chi connectivity index (χ4n) is 3.75. The summed E-state index contributed by atoms with van der Waals surface area (Å²) < 4.78 is 0. The number of allylic oxidation sites excluding steroid dienone is 4. The van der Waals surface area contributed by atoms with Crippen LogP contribution in [0.2, 0.25) is 0 Å². The zero-order chi connectivity index (χ0) is 21.1. The van der Waals surface area contributed by atoms with Crippen molar-refractivity contribution in [3.63, 3.8) is 0 Å². The molecule has 1 heteroatoms. The highest BCUT2D eigenvalue weighted by Crippen LogP contribution is 2.38. The highest BCUT2D eigenvalue weighted by molar-refractivity contribution is 5.53. The summed E-state index contributed by atoms with van der Waals surface area (Å²) in [7, 11) is 0. The Bertz CT molecular complexity index is 774. The molecule has 2 rings (SSSR count). The Kier molecular flexibility index (Phi) is 9.15. The van der Waals surface area contributed by atoms with Gasteiger partial charge in [-0.15, -0.1) is 0 Å². The smallest absolute Gasteiger partial charge is 0.0947 e. The second-order valence-electron chi connectivity index (χ2n) is 7.76. The third-order valence-corrected chi connectivity index (χ3v) is 5.39. The van der Waals surface area contributed by atoms with Crippen molar-refractivity contribution in [1.29, 1.82) is 0 Å². The van der Waals surface area contributed by atoms with Crippen molar-refractivity contribution < 1.29 is 0 Å². The Balaban J connectivity index is 2.74. The van der Waals surface area contributed by atoms with Gasteiger partial charge in [-0.25, -0.2) is 0 Å². The Morgan fingerprint density at radius 2 is 1.38 bits per heavy atom. The number of hydrogen-bond donors (Lipinski definition) is 1. The molecule has 0 saturated carbocycles. The van der Waals surface area contributed by atoms with Crippen LogP contribution in [0.1, 0.15) is 62.3 Å². The largest absolute Gasteiger partial charge is 0.300 e. The van der Waals surface area contributed by atoms with E-state index in [-0.39, 0.29) is 5.54 Å². The second-order valence-corrected chi connectivity index (χ2v) is 7.76.